The number of carbonyl (C=O) groups is 1. The Labute approximate surface area is 123 Å². The van der Waals surface area contributed by atoms with Crippen LogP contribution in [0, 0.1) is 0 Å². The lowest BCUT2D eigenvalue weighted by atomic mass is 10.2. The Morgan fingerprint density at radius 1 is 1.35 bits per heavy atom. The van der Waals surface area contributed by atoms with Crippen molar-refractivity contribution in [2.45, 2.75) is 19.9 Å². The molecule has 0 saturated carbocycles. The van der Waals surface area contributed by atoms with Crippen molar-refractivity contribution in [3.8, 4) is 0 Å². The maximum atomic E-state index is 12.0. The van der Waals surface area contributed by atoms with E-state index in [9.17, 15) is 4.79 Å². The third-order valence-corrected chi connectivity index (χ3v) is 4.30. The molecule has 0 aromatic carbocycles. The summed E-state index contributed by atoms with van der Waals surface area (Å²) in [5.74, 6) is 0.193. The van der Waals surface area contributed by atoms with Gasteiger partial charge in [0.25, 0.3) is 5.91 Å². The van der Waals surface area contributed by atoms with Gasteiger partial charge in [0.05, 0.1) is 12.3 Å². The van der Waals surface area contributed by atoms with Crippen LogP contribution in [0.15, 0.2) is 40.3 Å². The number of rotatable bonds is 7. The minimum absolute atomic E-state index is 0.163. The first kappa shape index (κ1) is 14.8. The molecule has 108 valence electrons. The largest absolute Gasteiger partial charge is 0.459 e. The molecule has 1 N–H and O–H groups in total. The number of carbonyl (C=O) groups excluding carboxylic acids is 1. The molecule has 0 bridgehead atoms. The van der Waals surface area contributed by atoms with Crippen molar-refractivity contribution in [3.05, 3.63) is 46.5 Å². The van der Waals surface area contributed by atoms with Crippen LogP contribution in [-0.4, -0.2) is 30.4 Å². The number of thiophene rings is 1. The van der Waals surface area contributed by atoms with Crippen molar-refractivity contribution in [2.24, 2.45) is 0 Å². The van der Waals surface area contributed by atoms with Gasteiger partial charge in [0.1, 0.15) is 0 Å². The number of furan rings is 1. The molecule has 0 fully saturated rings. The molecule has 0 aliphatic heterocycles. The molecule has 2 rings (SSSR count). The molecule has 0 saturated heterocycles. The molecule has 5 heteroatoms. The van der Waals surface area contributed by atoms with Gasteiger partial charge in [-0.25, -0.2) is 0 Å². The van der Waals surface area contributed by atoms with Crippen LogP contribution in [0.2, 0.25) is 0 Å². The van der Waals surface area contributed by atoms with Crippen molar-refractivity contribution in [1.29, 1.82) is 0 Å². The quantitative estimate of drug-likeness (QED) is 0.852. The third kappa shape index (κ3) is 3.49. The minimum Gasteiger partial charge on any atom is -0.459 e. The molecular weight excluding hydrogens is 272 g/mol. The Kier molecular flexibility index (Phi) is 5.38. The number of hydrogen-bond donors (Lipinski definition) is 1. The van der Waals surface area contributed by atoms with E-state index in [2.05, 4.69) is 35.5 Å². The average Bonchev–Trinajstić information content (AvgIpc) is 3.15. The number of amides is 1. The maximum Gasteiger partial charge on any atom is 0.287 e. The zero-order valence-corrected chi connectivity index (χ0v) is 12.7. The number of likely N-dealkylation sites (N-methyl/N-ethyl adjacent to an activating group) is 1. The summed E-state index contributed by atoms with van der Waals surface area (Å²) in [7, 11) is 0. The van der Waals surface area contributed by atoms with Gasteiger partial charge in [-0.1, -0.05) is 19.9 Å². The third-order valence-electron chi connectivity index (χ3n) is 3.33. The SMILES string of the molecule is CCN(CC)C(CNC(=O)c1ccco1)c1cccs1. The predicted molar refractivity (Wildman–Crippen MR) is 81.0 cm³/mol. The van der Waals surface area contributed by atoms with Crippen LogP contribution in [0.4, 0.5) is 0 Å². The topological polar surface area (TPSA) is 45.5 Å². The zero-order valence-electron chi connectivity index (χ0n) is 11.8. The molecule has 4 nitrogen and oxygen atoms in total. The molecule has 1 amide bonds. The summed E-state index contributed by atoms with van der Waals surface area (Å²) < 4.78 is 5.11. The Bertz CT molecular complexity index is 504. The molecular formula is C15H20N2O2S. The van der Waals surface area contributed by atoms with E-state index in [1.165, 1.54) is 11.1 Å². The minimum atomic E-state index is -0.163. The zero-order chi connectivity index (χ0) is 14.4. The first-order valence-electron chi connectivity index (χ1n) is 6.85. The summed E-state index contributed by atoms with van der Waals surface area (Å²) in [6.45, 7) is 6.77. The van der Waals surface area contributed by atoms with E-state index < -0.39 is 0 Å². The van der Waals surface area contributed by atoms with Gasteiger partial charge in [-0.15, -0.1) is 11.3 Å². The Hall–Kier alpha value is -1.59. The average molecular weight is 292 g/mol. The molecule has 0 radical (unpaired) electrons. The van der Waals surface area contributed by atoms with Gasteiger partial charge < -0.3 is 9.73 Å². The van der Waals surface area contributed by atoms with Crippen LogP contribution < -0.4 is 5.32 Å². The van der Waals surface area contributed by atoms with Gasteiger partial charge in [-0.3, -0.25) is 9.69 Å². The van der Waals surface area contributed by atoms with Crippen LogP contribution in [-0.2, 0) is 0 Å². The van der Waals surface area contributed by atoms with Crippen LogP contribution in [0.5, 0.6) is 0 Å². The fourth-order valence-corrected chi connectivity index (χ4v) is 3.10. The number of nitrogens with one attached hydrogen (secondary N) is 1. The monoisotopic (exact) mass is 292 g/mol. The van der Waals surface area contributed by atoms with Crippen molar-refractivity contribution < 1.29 is 9.21 Å². The van der Waals surface area contributed by atoms with Gasteiger partial charge >= 0.3 is 0 Å². The van der Waals surface area contributed by atoms with Crippen molar-refractivity contribution >= 4 is 17.2 Å². The van der Waals surface area contributed by atoms with Crippen LogP contribution in [0.1, 0.15) is 35.3 Å². The van der Waals surface area contributed by atoms with Crippen molar-refractivity contribution in [2.75, 3.05) is 19.6 Å². The second-order valence-corrected chi connectivity index (χ2v) is 5.42. The highest BCUT2D eigenvalue weighted by Crippen LogP contribution is 2.24. The predicted octanol–water partition coefficient (Wildman–Crippen LogP) is 3.15. The number of nitrogens with zero attached hydrogens (tertiary/aromatic N) is 1. The molecule has 0 aliphatic carbocycles. The van der Waals surface area contributed by atoms with E-state index in [0.29, 0.717) is 12.3 Å². The molecule has 2 heterocycles. The summed E-state index contributed by atoms with van der Waals surface area (Å²) in [5, 5.41) is 5.02. The highest BCUT2D eigenvalue weighted by molar-refractivity contribution is 7.10. The molecule has 2 aromatic heterocycles. The van der Waals surface area contributed by atoms with Crippen LogP contribution >= 0.6 is 11.3 Å². The van der Waals surface area contributed by atoms with E-state index in [4.69, 9.17) is 4.42 Å². The molecule has 2 aromatic rings. The first-order chi connectivity index (χ1) is 9.76. The standard InChI is InChI=1S/C15H20N2O2S/c1-3-17(4-2)12(14-8-6-10-20-14)11-16-15(18)13-7-5-9-19-13/h5-10,12H,3-4,11H2,1-2H3,(H,16,18). The first-order valence-corrected chi connectivity index (χ1v) is 7.73. The van der Waals surface area contributed by atoms with Gasteiger partial charge in [-0.05, 0) is 36.7 Å². The van der Waals surface area contributed by atoms with Crippen LogP contribution in [0.3, 0.4) is 0 Å². The molecule has 1 atom stereocenters. The summed E-state index contributed by atoms with van der Waals surface area (Å²) in [6.07, 6.45) is 1.51. The number of hydrogen-bond acceptors (Lipinski definition) is 4. The maximum absolute atomic E-state index is 12.0. The molecule has 0 aliphatic rings. The van der Waals surface area contributed by atoms with E-state index in [0.717, 1.165) is 13.1 Å². The Morgan fingerprint density at radius 2 is 2.15 bits per heavy atom. The fourth-order valence-electron chi connectivity index (χ4n) is 2.24. The second kappa shape index (κ2) is 7.26. The fraction of sp³-hybridized carbons (Fsp3) is 0.400. The Morgan fingerprint density at radius 3 is 2.70 bits per heavy atom. The summed E-state index contributed by atoms with van der Waals surface area (Å²) in [5.41, 5.74) is 0. The summed E-state index contributed by atoms with van der Waals surface area (Å²) >= 11 is 1.72. The smallest absolute Gasteiger partial charge is 0.287 e. The van der Waals surface area contributed by atoms with Gasteiger partial charge in [-0.2, -0.15) is 0 Å². The van der Waals surface area contributed by atoms with E-state index >= 15 is 0 Å². The lowest BCUT2D eigenvalue weighted by Crippen LogP contribution is -2.37. The van der Waals surface area contributed by atoms with Crippen molar-refractivity contribution in [3.63, 3.8) is 0 Å². The lowest BCUT2D eigenvalue weighted by Gasteiger charge is -2.29. The Balaban J connectivity index is 2.03. The van der Waals surface area contributed by atoms with E-state index in [1.54, 1.807) is 23.5 Å². The highest BCUT2D eigenvalue weighted by atomic mass is 32.1. The summed E-state index contributed by atoms with van der Waals surface area (Å²) in [6, 6.07) is 7.77. The van der Waals surface area contributed by atoms with E-state index in [-0.39, 0.29) is 11.9 Å². The van der Waals surface area contributed by atoms with Crippen LogP contribution in [0.25, 0.3) is 0 Å². The molecule has 1 unspecified atom stereocenters. The molecule has 0 spiro atoms. The van der Waals surface area contributed by atoms with Crippen molar-refractivity contribution in [1.82, 2.24) is 10.2 Å². The summed E-state index contributed by atoms with van der Waals surface area (Å²) in [4.78, 5) is 15.6. The molecule has 20 heavy (non-hydrogen) atoms. The highest BCUT2D eigenvalue weighted by Gasteiger charge is 2.20. The van der Waals surface area contributed by atoms with Gasteiger partial charge in [0.15, 0.2) is 5.76 Å². The van der Waals surface area contributed by atoms with Gasteiger partial charge in [0, 0.05) is 11.4 Å². The van der Waals surface area contributed by atoms with E-state index in [1.807, 2.05) is 6.07 Å². The normalized spacial score (nSPS) is 12.6. The lowest BCUT2D eigenvalue weighted by molar-refractivity contribution is 0.0908. The van der Waals surface area contributed by atoms with Gasteiger partial charge in [0.2, 0.25) is 0 Å². The second-order valence-electron chi connectivity index (χ2n) is 4.44.